The molecule has 1 aliphatic heterocycles. The maximum Gasteiger partial charge on any atom is 0.333 e. The summed E-state index contributed by atoms with van der Waals surface area (Å²) in [6.45, 7) is 2.07. The number of hydrogen-bond acceptors (Lipinski definition) is 6. The molecule has 7 nitrogen and oxygen atoms in total. The standard InChI is InChI=1S/C15H21N3O4S/c1-3-4-5-6-7-10(19)8-15(13(21)22-2)11(9-16)12(20)17-14(23)18-15/h11H,3-8H2,1-2H3,(H2,17,18,20,23)/t11-,15-/m1/s1. The number of esters is 1. The van der Waals surface area contributed by atoms with Gasteiger partial charge in [-0.15, -0.1) is 0 Å². The molecule has 1 fully saturated rings. The molecule has 0 radical (unpaired) electrons. The van der Waals surface area contributed by atoms with Crippen LogP contribution in [-0.4, -0.2) is 35.4 Å². The van der Waals surface area contributed by atoms with Crippen LogP contribution in [0.5, 0.6) is 0 Å². The quantitative estimate of drug-likeness (QED) is 0.385. The number of ketones is 1. The van der Waals surface area contributed by atoms with Crippen LogP contribution in [0.15, 0.2) is 0 Å². The first-order valence-corrected chi connectivity index (χ1v) is 7.94. The molecule has 0 bridgehead atoms. The molecule has 8 heteroatoms. The number of ether oxygens (including phenoxy) is 1. The molecule has 2 atom stereocenters. The summed E-state index contributed by atoms with van der Waals surface area (Å²) in [4.78, 5) is 36.4. The molecule has 0 aromatic heterocycles. The Kier molecular flexibility index (Phi) is 7.10. The first-order valence-electron chi connectivity index (χ1n) is 7.54. The molecule has 0 saturated carbocycles. The number of nitriles is 1. The lowest BCUT2D eigenvalue weighted by molar-refractivity contribution is -0.154. The smallest absolute Gasteiger partial charge is 0.333 e. The number of Topliss-reactive ketones (excluding diaryl/α,β-unsaturated/α-hetero) is 1. The predicted molar refractivity (Wildman–Crippen MR) is 86.1 cm³/mol. The number of carbonyl (C=O) groups excluding carboxylic acids is 3. The summed E-state index contributed by atoms with van der Waals surface area (Å²) >= 11 is 4.90. The third-order valence-corrected chi connectivity index (χ3v) is 4.00. The van der Waals surface area contributed by atoms with E-state index < -0.39 is 23.3 Å². The van der Waals surface area contributed by atoms with Gasteiger partial charge >= 0.3 is 5.97 Å². The van der Waals surface area contributed by atoms with E-state index in [2.05, 4.69) is 17.6 Å². The van der Waals surface area contributed by atoms with Crippen LogP contribution < -0.4 is 10.6 Å². The van der Waals surface area contributed by atoms with Gasteiger partial charge in [-0.1, -0.05) is 26.2 Å². The average molecular weight is 339 g/mol. The lowest BCUT2D eigenvalue weighted by Gasteiger charge is -2.38. The van der Waals surface area contributed by atoms with Crippen molar-refractivity contribution in [2.45, 2.75) is 51.0 Å². The monoisotopic (exact) mass is 339 g/mol. The van der Waals surface area contributed by atoms with E-state index in [1.807, 2.05) is 0 Å². The van der Waals surface area contributed by atoms with Gasteiger partial charge in [0, 0.05) is 12.8 Å². The van der Waals surface area contributed by atoms with Crippen LogP contribution in [-0.2, 0) is 19.1 Å². The summed E-state index contributed by atoms with van der Waals surface area (Å²) in [6, 6.07) is 1.77. The molecule has 1 aliphatic rings. The normalized spacial score (nSPS) is 23.4. The van der Waals surface area contributed by atoms with Crippen molar-refractivity contribution in [3.63, 3.8) is 0 Å². The fourth-order valence-electron chi connectivity index (χ4n) is 2.60. The van der Waals surface area contributed by atoms with Crippen LogP contribution in [0.1, 0.15) is 45.4 Å². The topological polar surface area (TPSA) is 108 Å². The van der Waals surface area contributed by atoms with Gasteiger partial charge in [-0.3, -0.25) is 9.59 Å². The van der Waals surface area contributed by atoms with Gasteiger partial charge in [-0.25, -0.2) is 4.79 Å². The van der Waals surface area contributed by atoms with Gasteiger partial charge in [0.1, 0.15) is 5.78 Å². The zero-order valence-electron chi connectivity index (χ0n) is 13.3. The molecule has 2 N–H and O–H groups in total. The summed E-state index contributed by atoms with van der Waals surface area (Å²) < 4.78 is 4.72. The fourth-order valence-corrected chi connectivity index (χ4v) is 2.88. The van der Waals surface area contributed by atoms with Crippen molar-refractivity contribution in [2.24, 2.45) is 5.92 Å². The van der Waals surface area contributed by atoms with E-state index in [1.165, 1.54) is 0 Å². The van der Waals surface area contributed by atoms with Crippen molar-refractivity contribution in [2.75, 3.05) is 7.11 Å². The number of hydrogen-bond donors (Lipinski definition) is 2. The molecule has 0 aromatic carbocycles. The van der Waals surface area contributed by atoms with E-state index in [1.54, 1.807) is 6.07 Å². The van der Waals surface area contributed by atoms with Gasteiger partial charge in [0.15, 0.2) is 16.6 Å². The molecule has 1 amide bonds. The number of thiocarbonyl (C=S) groups is 1. The average Bonchev–Trinajstić information content (AvgIpc) is 2.50. The van der Waals surface area contributed by atoms with E-state index in [0.717, 1.165) is 26.4 Å². The van der Waals surface area contributed by atoms with E-state index >= 15 is 0 Å². The first-order chi connectivity index (χ1) is 10.9. The molecular formula is C15H21N3O4S. The van der Waals surface area contributed by atoms with Crippen LogP contribution in [0.25, 0.3) is 0 Å². The van der Waals surface area contributed by atoms with Crippen molar-refractivity contribution in [3.05, 3.63) is 0 Å². The van der Waals surface area contributed by atoms with Crippen molar-refractivity contribution in [1.82, 2.24) is 10.6 Å². The lowest BCUT2D eigenvalue weighted by Crippen LogP contribution is -2.70. The van der Waals surface area contributed by atoms with Crippen LogP contribution in [0.3, 0.4) is 0 Å². The lowest BCUT2D eigenvalue weighted by atomic mass is 9.78. The molecule has 23 heavy (non-hydrogen) atoms. The number of rotatable bonds is 8. The van der Waals surface area contributed by atoms with Crippen LogP contribution >= 0.6 is 12.2 Å². The van der Waals surface area contributed by atoms with Gasteiger partial charge in [-0.2, -0.15) is 5.26 Å². The van der Waals surface area contributed by atoms with Crippen molar-refractivity contribution in [3.8, 4) is 6.07 Å². The Balaban J connectivity index is 2.96. The maximum atomic E-state index is 12.2. The second-order valence-electron chi connectivity index (χ2n) is 5.49. The Hall–Kier alpha value is -2.01. The number of nitrogens with one attached hydrogen (secondary N) is 2. The molecule has 1 heterocycles. The second kappa shape index (κ2) is 8.58. The Morgan fingerprint density at radius 1 is 1.39 bits per heavy atom. The second-order valence-corrected chi connectivity index (χ2v) is 5.90. The molecule has 126 valence electrons. The van der Waals surface area contributed by atoms with Crippen molar-refractivity contribution in [1.29, 1.82) is 5.26 Å². The third-order valence-electron chi connectivity index (χ3n) is 3.79. The molecule has 0 spiro atoms. The Morgan fingerprint density at radius 2 is 2.09 bits per heavy atom. The van der Waals surface area contributed by atoms with E-state index in [9.17, 15) is 19.6 Å². The van der Waals surface area contributed by atoms with Crippen LogP contribution in [0, 0.1) is 17.2 Å². The minimum absolute atomic E-state index is 0.0920. The molecule has 0 aromatic rings. The molecule has 0 aliphatic carbocycles. The fraction of sp³-hybridized carbons (Fsp3) is 0.667. The molecule has 1 rings (SSSR count). The van der Waals surface area contributed by atoms with E-state index in [-0.39, 0.29) is 23.7 Å². The Labute approximate surface area is 140 Å². The van der Waals surface area contributed by atoms with Crippen molar-refractivity contribution < 1.29 is 19.1 Å². The highest BCUT2D eigenvalue weighted by Crippen LogP contribution is 2.28. The highest BCUT2D eigenvalue weighted by atomic mass is 32.1. The SMILES string of the molecule is CCCCCCC(=O)C[C@@]1(C(=O)OC)NC(=S)NC(=O)[C@H]1C#N. The van der Waals surface area contributed by atoms with Crippen LogP contribution in [0.2, 0.25) is 0 Å². The third kappa shape index (κ3) is 4.48. The minimum atomic E-state index is -1.76. The zero-order valence-corrected chi connectivity index (χ0v) is 14.1. The Morgan fingerprint density at radius 3 is 2.65 bits per heavy atom. The molecule has 0 unspecified atom stereocenters. The Bertz CT molecular complexity index is 543. The highest BCUT2D eigenvalue weighted by Gasteiger charge is 2.55. The van der Waals surface area contributed by atoms with Gasteiger partial charge in [0.05, 0.1) is 13.2 Å². The number of unbranched alkanes of at least 4 members (excludes halogenated alkanes) is 3. The molecule has 1 saturated heterocycles. The first kappa shape index (κ1) is 19.0. The number of nitrogens with zero attached hydrogens (tertiary/aromatic N) is 1. The largest absolute Gasteiger partial charge is 0.467 e. The van der Waals surface area contributed by atoms with Gasteiger partial charge < -0.3 is 15.4 Å². The van der Waals surface area contributed by atoms with Crippen molar-refractivity contribution >= 4 is 35.0 Å². The number of methoxy groups -OCH3 is 1. The summed E-state index contributed by atoms with van der Waals surface area (Å²) in [5, 5.41) is 14.1. The van der Waals surface area contributed by atoms with E-state index in [0.29, 0.717) is 6.42 Å². The molecular weight excluding hydrogens is 318 g/mol. The van der Waals surface area contributed by atoms with Gasteiger partial charge in [0.25, 0.3) is 0 Å². The summed E-state index contributed by atoms with van der Waals surface area (Å²) in [5.74, 6) is -3.15. The number of amides is 1. The summed E-state index contributed by atoms with van der Waals surface area (Å²) in [6.07, 6.45) is 3.68. The van der Waals surface area contributed by atoms with Gasteiger partial charge in [0.2, 0.25) is 5.91 Å². The minimum Gasteiger partial charge on any atom is -0.467 e. The highest BCUT2D eigenvalue weighted by molar-refractivity contribution is 7.80. The van der Waals surface area contributed by atoms with Gasteiger partial charge in [-0.05, 0) is 18.6 Å². The van der Waals surface area contributed by atoms with Crippen LogP contribution in [0.4, 0.5) is 0 Å². The summed E-state index contributed by atoms with van der Waals surface area (Å²) in [7, 11) is 1.14. The zero-order chi connectivity index (χ0) is 17.5. The van der Waals surface area contributed by atoms with E-state index in [4.69, 9.17) is 17.0 Å². The number of carbonyl (C=O) groups is 3. The predicted octanol–water partition coefficient (Wildman–Crippen LogP) is 0.972. The summed E-state index contributed by atoms with van der Waals surface area (Å²) in [5.41, 5.74) is -1.76. The maximum absolute atomic E-state index is 12.2.